The molecule has 0 radical (unpaired) electrons. The van der Waals surface area contributed by atoms with E-state index in [4.69, 9.17) is 21.1 Å². The fourth-order valence-corrected chi connectivity index (χ4v) is 3.84. The molecule has 0 saturated carbocycles. The quantitative estimate of drug-likeness (QED) is 0.419. The van der Waals surface area contributed by atoms with E-state index in [9.17, 15) is 9.59 Å². The Morgan fingerprint density at radius 3 is 2.65 bits per heavy atom. The van der Waals surface area contributed by atoms with Gasteiger partial charge in [-0.1, -0.05) is 17.7 Å². The first-order valence-electron chi connectivity index (χ1n) is 10.3. The lowest BCUT2D eigenvalue weighted by atomic mass is 10.2. The molecule has 1 fully saturated rings. The molecule has 5 rings (SSSR count). The highest BCUT2D eigenvalue weighted by Crippen LogP contribution is 2.26. The van der Waals surface area contributed by atoms with Gasteiger partial charge in [0.05, 0.1) is 17.5 Å². The molecule has 5 heterocycles. The maximum absolute atomic E-state index is 12.9. The fraction of sp³-hybridized carbons (Fsp3) is 0.238. The minimum atomic E-state index is -0.957. The van der Waals surface area contributed by atoms with Crippen molar-refractivity contribution in [2.24, 2.45) is 7.05 Å². The zero-order valence-corrected chi connectivity index (χ0v) is 18.7. The number of hydrogen-bond acceptors (Lipinski definition) is 8. The number of nitrogens with one attached hydrogen (secondary N) is 1. The van der Waals surface area contributed by atoms with Gasteiger partial charge in [-0.2, -0.15) is 10.1 Å². The second-order valence-corrected chi connectivity index (χ2v) is 8.02. The van der Waals surface area contributed by atoms with Gasteiger partial charge in [0.15, 0.2) is 5.58 Å². The summed E-state index contributed by atoms with van der Waals surface area (Å²) in [4.78, 5) is 40.2. The van der Waals surface area contributed by atoms with Crippen LogP contribution in [0.4, 0.5) is 16.6 Å². The SMILES string of the molecule is Cn1cc(-c2cccc(NC(=O)c3cc4oc(N5CCN(C(=O)O)CC5)nc4nc3Cl)n2)cn1. The Balaban J connectivity index is 1.35. The lowest BCUT2D eigenvalue weighted by Gasteiger charge is -2.31. The molecule has 1 saturated heterocycles. The molecule has 0 atom stereocenters. The molecule has 0 bridgehead atoms. The van der Waals surface area contributed by atoms with Crippen LogP contribution in [0.25, 0.3) is 22.5 Å². The fourth-order valence-electron chi connectivity index (χ4n) is 3.62. The number of carbonyl (C=O) groups excluding carboxylic acids is 1. The van der Waals surface area contributed by atoms with E-state index in [1.807, 2.05) is 24.2 Å². The van der Waals surface area contributed by atoms with Gasteiger partial charge in [-0.25, -0.2) is 14.8 Å². The Morgan fingerprint density at radius 2 is 1.94 bits per heavy atom. The van der Waals surface area contributed by atoms with Crippen LogP contribution in [0.5, 0.6) is 0 Å². The highest BCUT2D eigenvalue weighted by atomic mass is 35.5. The van der Waals surface area contributed by atoms with Crippen molar-refractivity contribution in [2.45, 2.75) is 0 Å². The second-order valence-electron chi connectivity index (χ2n) is 7.67. The van der Waals surface area contributed by atoms with E-state index in [0.717, 1.165) is 5.56 Å². The highest BCUT2D eigenvalue weighted by molar-refractivity contribution is 6.33. The van der Waals surface area contributed by atoms with Crippen LogP contribution in [0, 0.1) is 0 Å². The Morgan fingerprint density at radius 1 is 1.15 bits per heavy atom. The molecule has 4 aromatic rings. The summed E-state index contributed by atoms with van der Waals surface area (Å²) in [7, 11) is 1.81. The maximum Gasteiger partial charge on any atom is 0.407 e. The number of aromatic nitrogens is 5. The van der Waals surface area contributed by atoms with Gasteiger partial charge in [0.25, 0.3) is 11.9 Å². The van der Waals surface area contributed by atoms with E-state index in [-0.39, 0.29) is 16.4 Å². The molecule has 0 unspecified atom stereocenters. The molecule has 2 N–H and O–H groups in total. The number of pyridine rings is 2. The standard InChI is InChI=1S/C21H19ClN8O4/c1-28-11-12(10-23-28)14-3-2-4-16(24-14)25-19(31)13-9-15-18(26-17(13)22)27-20(34-15)29-5-7-30(8-6-29)21(32)33/h2-4,9-11H,5-8H2,1H3,(H,32,33)(H,24,25,31). The number of aryl methyl sites for hydroxylation is 1. The number of piperazine rings is 1. The first-order chi connectivity index (χ1) is 16.4. The van der Waals surface area contributed by atoms with Crippen LogP contribution in [0.3, 0.4) is 0 Å². The number of anilines is 2. The van der Waals surface area contributed by atoms with Crippen molar-refractivity contribution in [3.63, 3.8) is 0 Å². The van der Waals surface area contributed by atoms with Crippen LogP contribution in [0.15, 0.2) is 41.1 Å². The van der Waals surface area contributed by atoms with Crippen LogP contribution in [-0.4, -0.2) is 72.9 Å². The summed E-state index contributed by atoms with van der Waals surface area (Å²) in [5, 5.41) is 15.9. The van der Waals surface area contributed by atoms with Gasteiger partial charge in [-0.15, -0.1) is 0 Å². The molecule has 34 heavy (non-hydrogen) atoms. The Kier molecular flexibility index (Phi) is 5.49. The number of hydrogen-bond donors (Lipinski definition) is 2. The lowest BCUT2D eigenvalue weighted by Crippen LogP contribution is -2.48. The third-order valence-corrected chi connectivity index (χ3v) is 5.67. The third-order valence-electron chi connectivity index (χ3n) is 5.38. The molecule has 13 heteroatoms. The molecule has 1 aliphatic rings. The number of oxazole rings is 1. The third kappa shape index (κ3) is 4.22. The first-order valence-corrected chi connectivity index (χ1v) is 10.7. The van der Waals surface area contributed by atoms with Gasteiger partial charge < -0.3 is 24.6 Å². The number of fused-ring (bicyclic) bond motifs is 1. The second kappa shape index (κ2) is 8.63. The van der Waals surface area contributed by atoms with Gasteiger partial charge in [-0.05, 0) is 12.1 Å². The minimum absolute atomic E-state index is 0.0241. The summed E-state index contributed by atoms with van der Waals surface area (Å²) in [6.45, 7) is 1.53. The van der Waals surface area contributed by atoms with Crippen LogP contribution < -0.4 is 10.2 Å². The zero-order valence-electron chi connectivity index (χ0n) is 18.0. The van der Waals surface area contributed by atoms with E-state index >= 15 is 0 Å². The normalized spacial score (nSPS) is 13.9. The van der Waals surface area contributed by atoms with Gasteiger partial charge in [0.2, 0.25) is 5.65 Å². The molecule has 0 aromatic carbocycles. The monoisotopic (exact) mass is 482 g/mol. The Labute approximate surface area is 197 Å². The van der Waals surface area contributed by atoms with Crippen molar-refractivity contribution >= 4 is 46.7 Å². The van der Waals surface area contributed by atoms with Crippen molar-refractivity contribution < 1.29 is 19.1 Å². The van der Waals surface area contributed by atoms with E-state index < -0.39 is 12.0 Å². The number of amides is 2. The first kappa shape index (κ1) is 21.6. The molecule has 4 aromatic heterocycles. The summed E-state index contributed by atoms with van der Waals surface area (Å²) in [5.41, 5.74) is 2.14. The summed E-state index contributed by atoms with van der Waals surface area (Å²) in [6, 6.07) is 7.04. The average Bonchev–Trinajstić information content (AvgIpc) is 3.44. The van der Waals surface area contributed by atoms with E-state index in [2.05, 4.69) is 25.4 Å². The smallest absolute Gasteiger partial charge is 0.407 e. The van der Waals surface area contributed by atoms with Gasteiger partial charge in [0, 0.05) is 51.1 Å². The maximum atomic E-state index is 12.9. The van der Waals surface area contributed by atoms with Gasteiger partial charge in [-0.3, -0.25) is 9.48 Å². The summed E-state index contributed by atoms with van der Waals surface area (Å²) in [5.74, 6) is -0.152. The Hall–Kier alpha value is -4.19. The number of carbonyl (C=O) groups is 2. The number of rotatable bonds is 4. The zero-order chi connectivity index (χ0) is 23.8. The molecule has 0 aliphatic carbocycles. The van der Waals surface area contributed by atoms with Crippen LogP contribution in [0.1, 0.15) is 10.4 Å². The molecule has 0 spiro atoms. The highest BCUT2D eigenvalue weighted by Gasteiger charge is 2.25. The topological polar surface area (TPSA) is 143 Å². The number of carboxylic acid groups (broad SMARTS) is 1. The minimum Gasteiger partial charge on any atom is -0.465 e. The molecular formula is C21H19ClN8O4. The van der Waals surface area contributed by atoms with E-state index in [1.165, 1.54) is 11.0 Å². The summed E-state index contributed by atoms with van der Waals surface area (Å²) in [6.07, 6.45) is 2.55. The summed E-state index contributed by atoms with van der Waals surface area (Å²) >= 11 is 6.27. The van der Waals surface area contributed by atoms with Crippen molar-refractivity contribution in [1.82, 2.24) is 29.6 Å². The molecular weight excluding hydrogens is 464 g/mol. The van der Waals surface area contributed by atoms with E-state index in [1.54, 1.807) is 23.0 Å². The summed E-state index contributed by atoms with van der Waals surface area (Å²) < 4.78 is 7.47. The number of halogens is 1. The van der Waals surface area contributed by atoms with Crippen molar-refractivity contribution in [3.8, 4) is 11.3 Å². The number of nitrogens with zero attached hydrogens (tertiary/aromatic N) is 7. The molecule has 12 nitrogen and oxygen atoms in total. The van der Waals surface area contributed by atoms with Gasteiger partial charge in [0.1, 0.15) is 11.0 Å². The van der Waals surface area contributed by atoms with Crippen molar-refractivity contribution in [2.75, 3.05) is 36.4 Å². The largest absolute Gasteiger partial charge is 0.465 e. The average molecular weight is 483 g/mol. The van der Waals surface area contributed by atoms with Crippen LogP contribution in [0.2, 0.25) is 5.15 Å². The lowest BCUT2D eigenvalue weighted by molar-refractivity contribution is 0.102. The molecule has 2 amide bonds. The predicted molar refractivity (Wildman–Crippen MR) is 123 cm³/mol. The molecule has 1 aliphatic heterocycles. The Bertz CT molecular complexity index is 1390. The predicted octanol–water partition coefficient (Wildman–Crippen LogP) is 2.72. The molecule has 174 valence electrons. The van der Waals surface area contributed by atoms with Crippen LogP contribution >= 0.6 is 11.6 Å². The van der Waals surface area contributed by atoms with Crippen LogP contribution in [-0.2, 0) is 7.05 Å². The van der Waals surface area contributed by atoms with Crippen molar-refractivity contribution in [3.05, 3.63) is 47.4 Å². The van der Waals surface area contributed by atoms with E-state index in [0.29, 0.717) is 49.3 Å². The van der Waals surface area contributed by atoms with Crippen molar-refractivity contribution in [1.29, 1.82) is 0 Å². The van der Waals surface area contributed by atoms with Gasteiger partial charge >= 0.3 is 6.09 Å².